The van der Waals surface area contributed by atoms with E-state index in [1.165, 1.54) is 31.4 Å². The fourth-order valence-electron chi connectivity index (χ4n) is 2.49. The van der Waals surface area contributed by atoms with Crippen LogP contribution >= 0.6 is 0 Å². The Bertz CT molecular complexity index is 566. The molecule has 0 aliphatic carbocycles. The van der Waals surface area contributed by atoms with Gasteiger partial charge in [0.1, 0.15) is 24.3 Å². The van der Waals surface area contributed by atoms with Crippen molar-refractivity contribution < 1.29 is 28.6 Å². The molecule has 7 nitrogen and oxygen atoms in total. The quantitative estimate of drug-likeness (QED) is 0.676. The van der Waals surface area contributed by atoms with Crippen molar-refractivity contribution in [2.75, 3.05) is 33.4 Å². The van der Waals surface area contributed by atoms with Crippen LogP contribution in [0, 0.1) is 5.82 Å². The van der Waals surface area contributed by atoms with Crippen molar-refractivity contribution in [3.63, 3.8) is 0 Å². The molecule has 0 aromatic heterocycles. The number of nitrogens with zero attached hydrogens (tertiary/aromatic N) is 1. The number of carbonyl (C=O) groups is 2. The van der Waals surface area contributed by atoms with Gasteiger partial charge < -0.3 is 19.9 Å². The van der Waals surface area contributed by atoms with Gasteiger partial charge >= 0.3 is 5.97 Å². The van der Waals surface area contributed by atoms with Crippen molar-refractivity contribution in [1.82, 2.24) is 10.2 Å². The lowest BCUT2D eigenvalue weighted by Gasteiger charge is -2.35. The Morgan fingerprint density at radius 1 is 1.46 bits per heavy atom. The molecular formula is C16H21FN2O5. The molecule has 0 unspecified atom stereocenters. The lowest BCUT2D eigenvalue weighted by atomic mass is 10.1. The van der Waals surface area contributed by atoms with E-state index in [0.717, 1.165) is 0 Å². The predicted molar refractivity (Wildman–Crippen MR) is 82.9 cm³/mol. The van der Waals surface area contributed by atoms with E-state index < -0.39 is 18.1 Å². The molecule has 0 spiro atoms. The van der Waals surface area contributed by atoms with Gasteiger partial charge in [0.2, 0.25) is 5.91 Å². The summed E-state index contributed by atoms with van der Waals surface area (Å²) in [5.41, 5.74) is 0. The van der Waals surface area contributed by atoms with Gasteiger partial charge in [-0.1, -0.05) is 0 Å². The van der Waals surface area contributed by atoms with Crippen molar-refractivity contribution in [2.24, 2.45) is 0 Å². The van der Waals surface area contributed by atoms with E-state index in [9.17, 15) is 19.1 Å². The van der Waals surface area contributed by atoms with Crippen LogP contribution < -0.4 is 10.1 Å². The number of aliphatic hydroxyl groups excluding tert-OH is 1. The largest absolute Gasteiger partial charge is 0.491 e. The first kappa shape index (κ1) is 18.2. The Kier molecular flexibility index (Phi) is 6.51. The van der Waals surface area contributed by atoms with Gasteiger partial charge in [-0.15, -0.1) is 0 Å². The number of rotatable bonds is 7. The Morgan fingerprint density at radius 3 is 2.83 bits per heavy atom. The molecule has 24 heavy (non-hydrogen) atoms. The number of nitrogens with one attached hydrogen (secondary N) is 1. The van der Waals surface area contributed by atoms with Gasteiger partial charge in [-0.05, 0) is 24.3 Å². The van der Waals surface area contributed by atoms with Crippen molar-refractivity contribution in [3.8, 4) is 5.75 Å². The molecule has 1 amide bonds. The lowest BCUT2D eigenvalue weighted by molar-refractivity contribution is -0.146. The Balaban J connectivity index is 1.87. The summed E-state index contributed by atoms with van der Waals surface area (Å²) in [6.07, 6.45) is -0.936. The summed E-state index contributed by atoms with van der Waals surface area (Å²) in [4.78, 5) is 25.1. The van der Waals surface area contributed by atoms with E-state index in [1.54, 1.807) is 4.90 Å². The van der Waals surface area contributed by atoms with Crippen LogP contribution in [0.15, 0.2) is 24.3 Å². The number of methoxy groups -OCH3 is 1. The third-order valence-corrected chi connectivity index (χ3v) is 3.73. The zero-order valence-electron chi connectivity index (χ0n) is 13.4. The molecule has 1 aromatic carbocycles. The molecule has 2 N–H and O–H groups in total. The van der Waals surface area contributed by atoms with Gasteiger partial charge in [0.15, 0.2) is 0 Å². The first-order valence-electron chi connectivity index (χ1n) is 7.64. The van der Waals surface area contributed by atoms with Crippen LogP contribution in [0.5, 0.6) is 5.75 Å². The van der Waals surface area contributed by atoms with E-state index in [2.05, 4.69) is 10.1 Å². The summed E-state index contributed by atoms with van der Waals surface area (Å²) in [5, 5.41) is 12.8. The van der Waals surface area contributed by atoms with Crippen LogP contribution in [-0.2, 0) is 14.3 Å². The highest BCUT2D eigenvalue weighted by Crippen LogP contribution is 2.13. The number of hydrogen-bond donors (Lipinski definition) is 2. The van der Waals surface area contributed by atoms with E-state index in [1.807, 2.05) is 0 Å². The normalized spacial score (nSPS) is 19.5. The monoisotopic (exact) mass is 340 g/mol. The number of esters is 1. The van der Waals surface area contributed by atoms with Crippen LogP contribution in [0.4, 0.5) is 4.39 Å². The SMILES string of the molecule is COC(=O)C[C@H]1C(=O)NCCN1C[C@H](O)COc1ccc(F)cc1. The average Bonchev–Trinajstić information content (AvgIpc) is 2.57. The maximum atomic E-state index is 12.8. The molecule has 2 atom stereocenters. The molecule has 0 radical (unpaired) electrons. The second-order valence-electron chi connectivity index (χ2n) is 5.50. The van der Waals surface area contributed by atoms with E-state index >= 15 is 0 Å². The van der Waals surface area contributed by atoms with Crippen molar-refractivity contribution in [1.29, 1.82) is 0 Å². The third kappa shape index (κ3) is 5.17. The first-order valence-corrected chi connectivity index (χ1v) is 7.64. The number of hydrogen-bond acceptors (Lipinski definition) is 6. The molecule has 1 aromatic rings. The molecule has 1 aliphatic heterocycles. The van der Waals surface area contributed by atoms with E-state index in [0.29, 0.717) is 18.8 Å². The summed E-state index contributed by atoms with van der Waals surface area (Å²) < 4.78 is 22.8. The Morgan fingerprint density at radius 2 is 2.17 bits per heavy atom. The highest BCUT2D eigenvalue weighted by atomic mass is 19.1. The number of ether oxygens (including phenoxy) is 2. The van der Waals surface area contributed by atoms with Crippen molar-refractivity contribution in [3.05, 3.63) is 30.1 Å². The standard InChI is InChI=1S/C16H21FN2O5/c1-23-15(21)8-14-16(22)18-6-7-19(14)9-12(20)10-24-13-4-2-11(17)3-5-13/h2-5,12,14,20H,6-10H2,1H3,(H,18,22)/t12-,14-/m0/s1. The molecule has 1 heterocycles. The highest BCUT2D eigenvalue weighted by molar-refractivity contribution is 5.87. The first-order chi connectivity index (χ1) is 11.5. The smallest absolute Gasteiger partial charge is 0.307 e. The molecule has 0 bridgehead atoms. The number of carbonyl (C=O) groups excluding carboxylic acids is 2. The van der Waals surface area contributed by atoms with Crippen molar-refractivity contribution >= 4 is 11.9 Å². The maximum absolute atomic E-state index is 12.8. The average molecular weight is 340 g/mol. The fraction of sp³-hybridized carbons (Fsp3) is 0.500. The second-order valence-corrected chi connectivity index (χ2v) is 5.50. The molecule has 1 fully saturated rings. The highest BCUT2D eigenvalue weighted by Gasteiger charge is 2.33. The van der Waals surface area contributed by atoms with E-state index in [-0.39, 0.29) is 31.3 Å². The van der Waals surface area contributed by atoms with Crippen LogP contribution in [0.2, 0.25) is 0 Å². The zero-order chi connectivity index (χ0) is 17.5. The van der Waals surface area contributed by atoms with Crippen LogP contribution in [-0.4, -0.2) is 67.4 Å². The van der Waals surface area contributed by atoms with Crippen molar-refractivity contribution in [2.45, 2.75) is 18.6 Å². The van der Waals surface area contributed by atoms with Crippen LogP contribution in [0.1, 0.15) is 6.42 Å². The van der Waals surface area contributed by atoms with Gasteiger partial charge in [-0.2, -0.15) is 0 Å². The van der Waals surface area contributed by atoms with Gasteiger partial charge in [0, 0.05) is 19.6 Å². The predicted octanol–water partition coefficient (Wildman–Crippen LogP) is -0.0711. The summed E-state index contributed by atoms with van der Waals surface area (Å²) in [5.74, 6) is -0.678. The van der Waals surface area contributed by atoms with Gasteiger partial charge in [-0.25, -0.2) is 4.39 Å². The second kappa shape index (κ2) is 8.60. The molecule has 8 heteroatoms. The minimum absolute atomic E-state index is 0.00526. The number of amides is 1. The summed E-state index contributed by atoms with van der Waals surface area (Å²) in [6, 6.07) is 4.80. The summed E-state index contributed by atoms with van der Waals surface area (Å²) >= 11 is 0. The number of β-amino-alcohol motifs (C(OH)–C–C–N with tert-alkyl or cyclic N) is 1. The lowest BCUT2D eigenvalue weighted by Crippen LogP contribution is -2.57. The summed E-state index contributed by atoms with van der Waals surface area (Å²) in [6.45, 7) is 1.13. The minimum atomic E-state index is -0.860. The number of aliphatic hydroxyl groups is 1. The number of halogens is 1. The van der Waals surface area contributed by atoms with E-state index in [4.69, 9.17) is 4.74 Å². The topological polar surface area (TPSA) is 88.1 Å². The Hall–Kier alpha value is -2.19. The molecular weight excluding hydrogens is 319 g/mol. The van der Waals surface area contributed by atoms with Gasteiger partial charge in [0.25, 0.3) is 0 Å². The molecule has 132 valence electrons. The summed E-state index contributed by atoms with van der Waals surface area (Å²) in [7, 11) is 1.26. The number of benzene rings is 1. The fourth-order valence-corrected chi connectivity index (χ4v) is 2.49. The number of piperazine rings is 1. The molecule has 1 aliphatic rings. The van der Waals surface area contributed by atoms with Crippen LogP contribution in [0.25, 0.3) is 0 Å². The van der Waals surface area contributed by atoms with Crippen LogP contribution in [0.3, 0.4) is 0 Å². The maximum Gasteiger partial charge on any atom is 0.307 e. The van der Waals surface area contributed by atoms with Gasteiger partial charge in [0.05, 0.1) is 19.6 Å². The molecule has 1 saturated heterocycles. The van der Waals surface area contributed by atoms with Gasteiger partial charge in [-0.3, -0.25) is 14.5 Å². The molecule has 2 rings (SSSR count). The molecule has 0 saturated carbocycles. The third-order valence-electron chi connectivity index (χ3n) is 3.73. The Labute approximate surface area is 139 Å². The minimum Gasteiger partial charge on any atom is -0.491 e. The zero-order valence-corrected chi connectivity index (χ0v) is 13.4.